The fourth-order valence-electron chi connectivity index (χ4n) is 2.37. The molecule has 6 nitrogen and oxygen atoms in total. The molecule has 2 rings (SSSR count). The van der Waals surface area contributed by atoms with Crippen LogP contribution in [0.1, 0.15) is 31.0 Å². The number of carbonyl (C=O) groups is 1. The Morgan fingerprint density at radius 2 is 2.41 bits per heavy atom. The van der Waals surface area contributed by atoms with Gasteiger partial charge in [0.2, 0.25) is 11.8 Å². The van der Waals surface area contributed by atoms with Gasteiger partial charge in [0, 0.05) is 12.8 Å². The van der Waals surface area contributed by atoms with Gasteiger partial charge in [-0.15, -0.1) is 0 Å². The minimum absolute atomic E-state index is 0.0491. The maximum absolute atomic E-state index is 11.9. The predicted molar refractivity (Wildman–Crippen MR) is 60.8 cm³/mol. The first-order valence-electron chi connectivity index (χ1n) is 5.97. The number of hydrogen-bond acceptors (Lipinski definition) is 5. The van der Waals surface area contributed by atoms with E-state index < -0.39 is 0 Å². The van der Waals surface area contributed by atoms with Crippen LogP contribution < -0.4 is 11.1 Å². The van der Waals surface area contributed by atoms with Gasteiger partial charge in [-0.2, -0.15) is 4.98 Å². The summed E-state index contributed by atoms with van der Waals surface area (Å²) in [4.78, 5) is 16.0. The van der Waals surface area contributed by atoms with Crippen LogP contribution in [0.15, 0.2) is 4.52 Å². The van der Waals surface area contributed by atoms with E-state index in [1.165, 1.54) is 0 Å². The Morgan fingerprint density at radius 3 is 3.06 bits per heavy atom. The number of rotatable bonds is 4. The van der Waals surface area contributed by atoms with E-state index in [9.17, 15) is 4.79 Å². The molecular formula is C11H18N4O2. The minimum Gasteiger partial charge on any atom is -0.348 e. The Balaban J connectivity index is 1.84. The first-order chi connectivity index (χ1) is 8.20. The van der Waals surface area contributed by atoms with E-state index >= 15 is 0 Å². The quantitative estimate of drug-likeness (QED) is 0.790. The third kappa shape index (κ3) is 2.82. The molecule has 6 heteroatoms. The molecule has 1 aliphatic carbocycles. The number of nitrogens with zero attached hydrogens (tertiary/aromatic N) is 2. The van der Waals surface area contributed by atoms with Gasteiger partial charge in [0.15, 0.2) is 5.82 Å². The molecule has 17 heavy (non-hydrogen) atoms. The highest BCUT2D eigenvalue weighted by Gasteiger charge is 2.31. The molecule has 0 aliphatic heterocycles. The lowest BCUT2D eigenvalue weighted by Crippen LogP contribution is -2.34. The van der Waals surface area contributed by atoms with Gasteiger partial charge in [0.25, 0.3) is 0 Å². The van der Waals surface area contributed by atoms with Crippen molar-refractivity contribution in [3.05, 3.63) is 11.7 Å². The number of nitrogens with one attached hydrogen (secondary N) is 1. The second-order valence-corrected chi connectivity index (χ2v) is 4.48. The van der Waals surface area contributed by atoms with Crippen LogP contribution in [-0.4, -0.2) is 22.6 Å². The number of aryl methyl sites for hydroxylation is 1. The SMILES string of the molecule is Cc1nc(CNC(=O)[C@@H]2CCC[C@@H]2CN)no1. The van der Waals surface area contributed by atoms with Gasteiger partial charge in [0.05, 0.1) is 6.54 Å². The lowest BCUT2D eigenvalue weighted by atomic mass is 9.95. The summed E-state index contributed by atoms with van der Waals surface area (Å²) in [5, 5.41) is 6.57. The summed E-state index contributed by atoms with van der Waals surface area (Å²) >= 11 is 0. The molecule has 3 N–H and O–H groups in total. The van der Waals surface area contributed by atoms with Crippen LogP contribution in [-0.2, 0) is 11.3 Å². The van der Waals surface area contributed by atoms with E-state index in [4.69, 9.17) is 10.3 Å². The van der Waals surface area contributed by atoms with Gasteiger partial charge in [-0.05, 0) is 25.3 Å². The lowest BCUT2D eigenvalue weighted by Gasteiger charge is -2.16. The number of carbonyl (C=O) groups excluding carboxylic acids is 1. The highest BCUT2D eigenvalue weighted by Crippen LogP contribution is 2.30. The molecule has 1 aromatic rings. The van der Waals surface area contributed by atoms with Crippen LogP contribution >= 0.6 is 0 Å². The van der Waals surface area contributed by atoms with Gasteiger partial charge in [-0.1, -0.05) is 11.6 Å². The Kier molecular flexibility index (Phi) is 3.73. The van der Waals surface area contributed by atoms with Crippen molar-refractivity contribution in [2.24, 2.45) is 17.6 Å². The third-order valence-corrected chi connectivity index (χ3v) is 3.29. The molecule has 0 unspecified atom stereocenters. The summed E-state index contributed by atoms with van der Waals surface area (Å²) in [6.45, 7) is 2.63. The molecule has 0 saturated heterocycles. The normalized spacial score (nSPS) is 23.9. The third-order valence-electron chi connectivity index (χ3n) is 3.29. The monoisotopic (exact) mass is 238 g/mol. The van der Waals surface area contributed by atoms with Crippen molar-refractivity contribution >= 4 is 5.91 Å². The van der Waals surface area contributed by atoms with E-state index in [1.54, 1.807) is 6.92 Å². The molecule has 0 aromatic carbocycles. The summed E-state index contributed by atoms with van der Waals surface area (Å²) in [5.74, 6) is 1.45. The standard InChI is InChI=1S/C11H18N4O2/c1-7-14-10(15-17-7)6-13-11(16)9-4-2-3-8(9)5-12/h8-9H,2-6,12H2,1H3,(H,13,16)/t8-,9-/m1/s1. The Bertz CT molecular complexity index is 391. The smallest absolute Gasteiger partial charge is 0.223 e. The average Bonchev–Trinajstić information content (AvgIpc) is 2.94. The van der Waals surface area contributed by atoms with E-state index in [1.807, 2.05) is 0 Å². The largest absolute Gasteiger partial charge is 0.348 e. The van der Waals surface area contributed by atoms with Gasteiger partial charge < -0.3 is 15.6 Å². The molecule has 1 aromatic heterocycles. The van der Waals surface area contributed by atoms with E-state index in [2.05, 4.69) is 15.5 Å². The van der Waals surface area contributed by atoms with Gasteiger partial charge >= 0.3 is 0 Å². The lowest BCUT2D eigenvalue weighted by molar-refractivity contribution is -0.126. The van der Waals surface area contributed by atoms with Crippen molar-refractivity contribution in [2.75, 3.05) is 6.54 Å². The van der Waals surface area contributed by atoms with Gasteiger partial charge in [0.1, 0.15) is 0 Å². The Labute approximate surface area is 99.9 Å². The summed E-state index contributed by atoms with van der Waals surface area (Å²) in [7, 11) is 0. The van der Waals surface area contributed by atoms with Gasteiger partial charge in [-0.25, -0.2) is 0 Å². The Morgan fingerprint density at radius 1 is 1.59 bits per heavy atom. The number of aromatic nitrogens is 2. The molecule has 0 bridgehead atoms. The van der Waals surface area contributed by atoms with Crippen molar-refractivity contribution in [2.45, 2.75) is 32.7 Å². The minimum atomic E-state index is 0.0491. The number of amides is 1. The summed E-state index contributed by atoms with van der Waals surface area (Å²) < 4.78 is 4.83. The van der Waals surface area contributed by atoms with Crippen molar-refractivity contribution in [3.8, 4) is 0 Å². The zero-order chi connectivity index (χ0) is 12.3. The number of nitrogens with two attached hydrogens (primary N) is 1. The summed E-state index contributed by atoms with van der Waals surface area (Å²) in [6.07, 6.45) is 3.07. The van der Waals surface area contributed by atoms with E-state index in [-0.39, 0.29) is 11.8 Å². The molecule has 2 atom stereocenters. The van der Waals surface area contributed by atoms with Crippen LogP contribution in [0.2, 0.25) is 0 Å². The highest BCUT2D eigenvalue weighted by atomic mass is 16.5. The molecular weight excluding hydrogens is 220 g/mol. The highest BCUT2D eigenvalue weighted by molar-refractivity contribution is 5.79. The van der Waals surface area contributed by atoms with Crippen molar-refractivity contribution in [3.63, 3.8) is 0 Å². The fraction of sp³-hybridized carbons (Fsp3) is 0.727. The topological polar surface area (TPSA) is 94.0 Å². The van der Waals surface area contributed by atoms with Crippen molar-refractivity contribution in [1.29, 1.82) is 0 Å². The second kappa shape index (κ2) is 5.27. The fourth-order valence-corrected chi connectivity index (χ4v) is 2.37. The first kappa shape index (κ1) is 12.0. The molecule has 1 fully saturated rings. The Hall–Kier alpha value is -1.43. The first-order valence-corrected chi connectivity index (χ1v) is 5.97. The molecule has 94 valence electrons. The summed E-state index contributed by atoms with van der Waals surface area (Å²) in [6, 6.07) is 0. The zero-order valence-corrected chi connectivity index (χ0v) is 9.98. The molecule has 1 aliphatic rings. The molecule has 1 heterocycles. The number of hydrogen-bond donors (Lipinski definition) is 2. The predicted octanol–water partition coefficient (Wildman–Crippen LogP) is 0.369. The van der Waals surface area contributed by atoms with Crippen molar-refractivity contribution in [1.82, 2.24) is 15.5 Å². The van der Waals surface area contributed by atoms with E-state index in [0.717, 1.165) is 19.3 Å². The summed E-state index contributed by atoms with van der Waals surface area (Å²) in [5.41, 5.74) is 5.65. The molecule has 1 saturated carbocycles. The molecule has 0 radical (unpaired) electrons. The van der Waals surface area contributed by atoms with Crippen LogP contribution in [0.3, 0.4) is 0 Å². The van der Waals surface area contributed by atoms with Crippen LogP contribution in [0.5, 0.6) is 0 Å². The van der Waals surface area contributed by atoms with Gasteiger partial charge in [-0.3, -0.25) is 4.79 Å². The van der Waals surface area contributed by atoms with Crippen LogP contribution in [0.4, 0.5) is 0 Å². The van der Waals surface area contributed by atoms with Crippen molar-refractivity contribution < 1.29 is 9.32 Å². The van der Waals surface area contributed by atoms with E-state index in [0.29, 0.717) is 30.7 Å². The maximum atomic E-state index is 11.9. The van der Waals surface area contributed by atoms with Crippen LogP contribution in [0, 0.1) is 18.8 Å². The molecule has 0 spiro atoms. The maximum Gasteiger partial charge on any atom is 0.223 e. The molecule has 1 amide bonds. The van der Waals surface area contributed by atoms with Crippen LogP contribution in [0.25, 0.3) is 0 Å². The average molecular weight is 238 g/mol. The second-order valence-electron chi connectivity index (χ2n) is 4.48. The zero-order valence-electron chi connectivity index (χ0n) is 9.98.